The largest absolute Gasteiger partial charge is 0.324 e. The van der Waals surface area contributed by atoms with E-state index in [-0.39, 0.29) is 0 Å². The van der Waals surface area contributed by atoms with Gasteiger partial charge in [-0.1, -0.05) is 6.58 Å². The van der Waals surface area contributed by atoms with E-state index in [1.54, 1.807) is 0 Å². The van der Waals surface area contributed by atoms with Crippen molar-refractivity contribution in [3.05, 3.63) is 12.8 Å². The first-order valence-electron chi connectivity index (χ1n) is 2.74. The number of rotatable bonds is 3. The van der Waals surface area contributed by atoms with Crippen LogP contribution < -0.4 is 0 Å². The van der Waals surface area contributed by atoms with E-state index in [1.165, 1.54) is 6.26 Å². The van der Waals surface area contributed by atoms with Crippen molar-refractivity contribution in [2.75, 3.05) is 20.6 Å². The van der Waals surface area contributed by atoms with E-state index in [2.05, 4.69) is 13.5 Å². The highest BCUT2D eigenvalue weighted by atomic mass is 16.7. The first kappa shape index (κ1) is 7.50. The fourth-order valence-electron chi connectivity index (χ4n) is 0.276. The van der Waals surface area contributed by atoms with Crippen LogP contribution >= 0.6 is 0 Å². The van der Waals surface area contributed by atoms with Crippen LogP contribution in [0.4, 0.5) is 0 Å². The molecule has 0 aliphatic carbocycles. The van der Waals surface area contributed by atoms with E-state index in [0.717, 1.165) is 6.54 Å². The number of hydrogen-bond acceptors (Lipinski definition) is 1. The van der Waals surface area contributed by atoms with E-state index >= 15 is 0 Å². The van der Waals surface area contributed by atoms with E-state index in [4.69, 9.17) is 4.84 Å². The molecule has 0 aliphatic heterocycles. The predicted molar refractivity (Wildman–Crippen MR) is 33.9 cm³/mol. The molecule has 0 amide bonds. The van der Waals surface area contributed by atoms with Gasteiger partial charge in [0, 0.05) is 0 Å². The Bertz CT molecular complexity index is 78.6. The summed E-state index contributed by atoms with van der Waals surface area (Å²) in [6.45, 7) is 6.47. The Morgan fingerprint density at radius 2 is 2.12 bits per heavy atom. The number of quaternary nitrogens is 1. The van der Waals surface area contributed by atoms with Gasteiger partial charge in [-0.25, -0.2) is 0 Å². The Morgan fingerprint density at radius 3 is 2.25 bits per heavy atom. The maximum Gasteiger partial charge on any atom is 0.147 e. The van der Waals surface area contributed by atoms with Gasteiger partial charge in [-0.15, -0.1) is 4.65 Å². The van der Waals surface area contributed by atoms with Crippen molar-refractivity contribution in [1.29, 1.82) is 0 Å². The van der Waals surface area contributed by atoms with Crippen molar-refractivity contribution in [2.45, 2.75) is 6.92 Å². The van der Waals surface area contributed by atoms with Crippen LogP contribution in [-0.4, -0.2) is 25.3 Å². The minimum absolute atomic E-state index is 0.545. The molecule has 0 aromatic carbocycles. The molecule has 0 bridgehead atoms. The fourth-order valence-corrected chi connectivity index (χ4v) is 0.276. The SMILES string of the molecule is C=CO[N+](C)(C)CC. The summed E-state index contributed by atoms with van der Waals surface area (Å²) in [7, 11) is 3.95. The van der Waals surface area contributed by atoms with Crippen LogP contribution in [-0.2, 0) is 4.84 Å². The monoisotopic (exact) mass is 116 g/mol. The molecule has 2 heteroatoms. The van der Waals surface area contributed by atoms with Gasteiger partial charge in [-0.3, -0.25) is 0 Å². The zero-order valence-corrected chi connectivity index (χ0v) is 5.85. The second-order valence-electron chi connectivity index (χ2n) is 2.16. The molecule has 0 atom stereocenters. The molecule has 0 aliphatic rings. The Balaban J connectivity index is 3.53. The van der Waals surface area contributed by atoms with Crippen molar-refractivity contribution >= 4 is 0 Å². The van der Waals surface area contributed by atoms with Crippen molar-refractivity contribution in [3.8, 4) is 0 Å². The fraction of sp³-hybridized carbons (Fsp3) is 0.667. The van der Waals surface area contributed by atoms with Gasteiger partial charge in [0.05, 0.1) is 0 Å². The van der Waals surface area contributed by atoms with E-state index in [0.29, 0.717) is 4.65 Å². The summed E-state index contributed by atoms with van der Waals surface area (Å²) in [5.74, 6) is 0. The Labute approximate surface area is 50.9 Å². The highest BCUT2D eigenvalue weighted by molar-refractivity contribution is 4.42. The molecule has 0 N–H and O–H groups in total. The van der Waals surface area contributed by atoms with Crippen LogP contribution in [0, 0.1) is 0 Å². The lowest BCUT2D eigenvalue weighted by Crippen LogP contribution is -2.37. The molecule has 0 saturated heterocycles. The summed E-state index contributed by atoms with van der Waals surface area (Å²) in [5.41, 5.74) is 0. The second kappa shape index (κ2) is 2.72. The summed E-state index contributed by atoms with van der Waals surface area (Å²) in [5, 5.41) is 0. The van der Waals surface area contributed by atoms with Crippen LogP contribution in [0.3, 0.4) is 0 Å². The third-order valence-corrected chi connectivity index (χ3v) is 1.12. The Kier molecular flexibility index (Phi) is 2.55. The topological polar surface area (TPSA) is 9.23 Å². The van der Waals surface area contributed by atoms with E-state index < -0.39 is 0 Å². The molecule has 2 nitrogen and oxygen atoms in total. The predicted octanol–water partition coefficient (Wildman–Crippen LogP) is 1.16. The average Bonchev–Trinajstić information content (AvgIpc) is 1.67. The van der Waals surface area contributed by atoms with Crippen LogP contribution in [0.1, 0.15) is 6.92 Å². The Morgan fingerprint density at radius 1 is 1.62 bits per heavy atom. The number of hydrogen-bond donors (Lipinski definition) is 0. The lowest BCUT2D eigenvalue weighted by molar-refractivity contribution is -1.06. The van der Waals surface area contributed by atoms with Crippen molar-refractivity contribution in [2.24, 2.45) is 0 Å². The molecule has 0 aromatic heterocycles. The van der Waals surface area contributed by atoms with Crippen molar-refractivity contribution in [1.82, 2.24) is 0 Å². The summed E-state index contributed by atoms with van der Waals surface area (Å²) < 4.78 is 0.545. The van der Waals surface area contributed by atoms with Gasteiger partial charge in [-0.2, -0.15) is 0 Å². The van der Waals surface area contributed by atoms with E-state index in [1.807, 2.05) is 14.1 Å². The molecule has 0 spiro atoms. The summed E-state index contributed by atoms with van der Waals surface area (Å²) in [6, 6.07) is 0. The van der Waals surface area contributed by atoms with Gasteiger partial charge in [0.1, 0.15) is 26.9 Å². The quantitative estimate of drug-likeness (QED) is 0.305. The number of hydroxylamine groups is 3. The molecule has 0 aromatic rings. The standard InChI is InChI=1S/C6H14NO/c1-5-7(3,4)8-6-2/h6H,2,5H2,1,3-4H3/q+1. The van der Waals surface area contributed by atoms with Crippen LogP contribution in [0.2, 0.25) is 0 Å². The van der Waals surface area contributed by atoms with Gasteiger partial charge in [0.15, 0.2) is 0 Å². The molecule has 0 fully saturated rings. The first-order chi connectivity index (χ1) is 3.62. The summed E-state index contributed by atoms with van der Waals surface area (Å²) in [4.78, 5) is 5.08. The lowest BCUT2D eigenvalue weighted by atomic mass is 10.7. The minimum Gasteiger partial charge on any atom is -0.324 e. The smallest absolute Gasteiger partial charge is 0.147 e. The third kappa shape index (κ3) is 2.64. The maximum absolute atomic E-state index is 5.08. The molecule has 0 saturated carbocycles. The minimum atomic E-state index is 0.545. The highest BCUT2D eigenvalue weighted by Gasteiger charge is 2.09. The molecule has 0 unspecified atom stereocenters. The summed E-state index contributed by atoms with van der Waals surface area (Å²) in [6.07, 6.45) is 1.46. The molecule has 0 rings (SSSR count). The second-order valence-corrected chi connectivity index (χ2v) is 2.16. The molecular weight excluding hydrogens is 102 g/mol. The maximum atomic E-state index is 5.08. The normalized spacial score (nSPS) is 10.9. The van der Waals surface area contributed by atoms with Crippen molar-refractivity contribution < 1.29 is 9.48 Å². The van der Waals surface area contributed by atoms with E-state index in [9.17, 15) is 0 Å². The highest BCUT2D eigenvalue weighted by Crippen LogP contribution is 1.95. The van der Waals surface area contributed by atoms with Gasteiger partial charge >= 0.3 is 0 Å². The van der Waals surface area contributed by atoms with Crippen LogP contribution in [0.25, 0.3) is 0 Å². The molecule has 8 heavy (non-hydrogen) atoms. The van der Waals surface area contributed by atoms with Gasteiger partial charge in [-0.05, 0) is 6.92 Å². The van der Waals surface area contributed by atoms with Gasteiger partial charge in [0.25, 0.3) is 0 Å². The van der Waals surface area contributed by atoms with Crippen LogP contribution in [0.5, 0.6) is 0 Å². The third-order valence-electron chi connectivity index (χ3n) is 1.12. The molecule has 0 radical (unpaired) electrons. The van der Waals surface area contributed by atoms with Crippen molar-refractivity contribution in [3.63, 3.8) is 0 Å². The van der Waals surface area contributed by atoms with Crippen LogP contribution in [0.15, 0.2) is 12.8 Å². The lowest BCUT2D eigenvalue weighted by Gasteiger charge is -2.22. The Hall–Kier alpha value is -0.500. The molecular formula is C6H14NO+. The summed E-state index contributed by atoms with van der Waals surface area (Å²) >= 11 is 0. The average molecular weight is 116 g/mol. The van der Waals surface area contributed by atoms with Gasteiger partial charge in [0.2, 0.25) is 0 Å². The zero-order chi connectivity index (χ0) is 6.62. The first-order valence-corrected chi connectivity index (χ1v) is 2.74. The zero-order valence-electron chi connectivity index (χ0n) is 5.85. The molecule has 48 valence electrons. The van der Waals surface area contributed by atoms with Gasteiger partial charge < -0.3 is 4.84 Å². The number of nitrogens with zero attached hydrogens (tertiary/aromatic N) is 1. The molecule has 0 heterocycles.